The largest absolute Gasteiger partial charge is 0.493 e. The Morgan fingerprint density at radius 1 is 1.29 bits per heavy atom. The Balaban J connectivity index is 2.35. The van der Waals surface area contributed by atoms with Gasteiger partial charge in [-0.05, 0) is 54.4 Å². The Kier molecular flexibility index (Phi) is 4.95. The molecule has 1 aromatic heterocycles. The maximum absolute atomic E-state index is 5.56. The molecule has 7 heteroatoms. The van der Waals surface area contributed by atoms with Crippen LogP contribution in [0.2, 0.25) is 0 Å². The Hall–Kier alpha value is -1.89. The number of methoxy groups -OCH3 is 1. The molecule has 0 aliphatic carbocycles. The molecule has 1 aromatic carbocycles. The first-order valence-corrected chi connectivity index (χ1v) is 7.29. The predicted octanol–water partition coefficient (Wildman–Crippen LogP) is 2.95. The van der Waals surface area contributed by atoms with Crippen LogP contribution in [0.4, 0.5) is 0 Å². The maximum Gasteiger partial charge on any atom is 0.175 e. The molecule has 0 spiro atoms. The van der Waals surface area contributed by atoms with Gasteiger partial charge in [0.05, 0.1) is 24.4 Å². The fourth-order valence-electron chi connectivity index (χ4n) is 1.85. The fraction of sp³-hybridized carbons (Fsp3) is 0.357. The van der Waals surface area contributed by atoms with Crippen LogP contribution in [-0.2, 0) is 0 Å². The summed E-state index contributed by atoms with van der Waals surface area (Å²) in [7, 11) is 1.61. The molecule has 1 heterocycles. The van der Waals surface area contributed by atoms with Crippen molar-refractivity contribution in [3.05, 3.63) is 33.8 Å². The van der Waals surface area contributed by atoms with Crippen molar-refractivity contribution in [2.45, 2.75) is 20.8 Å². The number of nitrogens with zero attached hydrogens (tertiary/aromatic N) is 4. The SMILES string of the molecule is CCOc1c(Br)cc(/C=N/n2c(C)nnc2C)cc1OC. The number of benzene rings is 1. The fourth-order valence-corrected chi connectivity index (χ4v) is 2.43. The van der Waals surface area contributed by atoms with Crippen molar-refractivity contribution in [2.75, 3.05) is 13.7 Å². The van der Waals surface area contributed by atoms with Gasteiger partial charge in [0.2, 0.25) is 0 Å². The van der Waals surface area contributed by atoms with Crippen molar-refractivity contribution >= 4 is 22.1 Å². The average molecular weight is 353 g/mol. The highest BCUT2D eigenvalue weighted by atomic mass is 79.9. The molecule has 0 saturated carbocycles. The lowest BCUT2D eigenvalue weighted by molar-refractivity contribution is 0.309. The number of halogens is 1. The number of hydrogen-bond donors (Lipinski definition) is 0. The van der Waals surface area contributed by atoms with Crippen LogP contribution in [0.1, 0.15) is 24.1 Å². The molecule has 0 bridgehead atoms. The van der Waals surface area contributed by atoms with Crippen LogP contribution in [-0.4, -0.2) is 34.8 Å². The van der Waals surface area contributed by atoms with Crippen LogP contribution in [0.5, 0.6) is 11.5 Å². The Morgan fingerprint density at radius 2 is 1.95 bits per heavy atom. The predicted molar refractivity (Wildman–Crippen MR) is 84.4 cm³/mol. The van der Waals surface area contributed by atoms with Crippen LogP contribution >= 0.6 is 15.9 Å². The van der Waals surface area contributed by atoms with Crippen molar-refractivity contribution in [1.82, 2.24) is 14.9 Å². The zero-order chi connectivity index (χ0) is 15.4. The van der Waals surface area contributed by atoms with Crippen molar-refractivity contribution in [2.24, 2.45) is 5.10 Å². The van der Waals surface area contributed by atoms with E-state index in [4.69, 9.17) is 9.47 Å². The minimum atomic E-state index is 0.571. The smallest absolute Gasteiger partial charge is 0.175 e. The molecule has 2 rings (SSSR count). The molecule has 0 aliphatic rings. The highest BCUT2D eigenvalue weighted by molar-refractivity contribution is 9.10. The summed E-state index contributed by atoms with van der Waals surface area (Å²) in [5, 5.41) is 12.3. The van der Waals surface area contributed by atoms with E-state index in [1.807, 2.05) is 32.9 Å². The minimum absolute atomic E-state index is 0.571. The molecule has 0 aliphatic heterocycles. The molecule has 0 unspecified atom stereocenters. The van der Waals surface area contributed by atoms with E-state index >= 15 is 0 Å². The Labute approximate surface area is 131 Å². The quantitative estimate of drug-likeness (QED) is 0.776. The Bertz CT molecular complexity index is 648. The zero-order valence-corrected chi connectivity index (χ0v) is 14.0. The normalized spacial score (nSPS) is 11.1. The van der Waals surface area contributed by atoms with Crippen LogP contribution < -0.4 is 9.47 Å². The van der Waals surface area contributed by atoms with Gasteiger partial charge in [-0.15, -0.1) is 10.2 Å². The van der Waals surface area contributed by atoms with Crippen LogP contribution in [0.3, 0.4) is 0 Å². The second-order valence-corrected chi connectivity index (χ2v) is 5.17. The summed E-state index contributed by atoms with van der Waals surface area (Å²) in [5.74, 6) is 2.82. The molecule has 0 fully saturated rings. The summed E-state index contributed by atoms with van der Waals surface area (Å²) in [5.41, 5.74) is 0.884. The number of ether oxygens (including phenoxy) is 2. The van der Waals surface area contributed by atoms with E-state index in [2.05, 4.69) is 31.2 Å². The van der Waals surface area contributed by atoms with Gasteiger partial charge in [0.25, 0.3) is 0 Å². The lowest BCUT2D eigenvalue weighted by Crippen LogP contribution is -1.99. The first-order valence-electron chi connectivity index (χ1n) is 6.50. The lowest BCUT2D eigenvalue weighted by Gasteiger charge is -2.12. The summed E-state index contributed by atoms with van der Waals surface area (Å²) in [6.07, 6.45) is 1.73. The van der Waals surface area contributed by atoms with Gasteiger partial charge in [-0.25, -0.2) is 4.68 Å². The van der Waals surface area contributed by atoms with Crippen molar-refractivity contribution < 1.29 is 9.47 Å². The third kappa shape index (κ3) is 3.41. The summed E-state index contributed by atoms with van der Waals surface area (Å²) in [6.45, 7) is 6.21. The number of rotatable bonds is 5. The number of aromatic nitrogens is 3. The summed E-state index contributed by atoms with van der Waals surface area (Å²) in [4.78, 5) is 0. The van der Waals surface area contributed by atoms with E-state index in [0.717, 1.165) is 21.7 Å². The molecule has 0 saturated heterocycles. The zero-order valence-electron chi connectivity index (χ0n) is 12.4. The third-order valence-corrected chi connectivity index (χ3v) is 3.40. The van der Waals surface area contributed by atoms with E-state index < -0.39 is 0 Å². The second-order valence-electron chi connectivity index (χ2n) is 4.32. The molecule has 0 atom stereocenters. The molecule has 112 valence electrons. The summed E-state index contributed by atoms with van der Waals surface area (Å²) >= 11 is 3.49. The highest BCUT2D eigenvalue weighted by Crippen LogP contribution is 2.36. The third-order valence-electron chi connectivity index (χ3n) is 2.82. The first kappa shape index (κ1) is 15.5. The molecule has 2 aromatic rings. The molecule has 0 amide bonds. The average Bonchev–Trinajstić information content (AvgIpc) is 2.78. The Morgan fingerprint density at radius 3 is 2.52 bits per heavy atom. The highest BCUT2D eigenvalue weighted by Gasteiger charge is 2.10. The van der Waals surface area contributed by atoms with Crippen molar-refractivity contribution in [3.8, 4) is 11.5 Å². The molecule has 0 radical (unpaired) electrons. The van der Waals surface area contributed by atoms with Gasteiger partial charge in [-0.3, -0.25) is 0 Å². The first-order chi connectivity index (χ1) is 10.1. The van der Waals surface area contributed by atoms with Gasteiger partial charge in [-0.1, -0.05) is 0 Å². The maximum atomic E-state index is 5.56. The van der Waals surface area contributed by atoms with E-state index in [0.29, 0.717) is 18.1 Å². The van der Waals surface area contributed by atoms with Crippen LogP contribution in [0, 0.1) is 13.8 Å². The van der Waals surface area contributed by atoms with E-state index in [1.165, 1.54) is 0 Å². The van der Waals surface area contributed by atoms with Crippen LogP contribution in [0.15, 0.2) is 21.7 Å². The van der Waals surface area contributed by atoms with Crippen molar-refractivity contribution in [3.63, 3.8) is 0 Å². The van der Waals surface area contributed by atoms with E-state index in [9.17, 15) is 0 Å². The molecular weight excluding hydrogens is 336 g/mol. The molecule has 0 N–H and O–H groups in total. The van der Waals surface area contributed by atoms with Gasteiger partial charge < -0.3 is 9.47 Å². The molecule has 21 heavy (non-hydrogen) atoms. The van der Waals surface area contributed by atoms with Gasteiger partial charge in [0, 0.05) is 0 Å². The monoisotopic (exact) mass is 352 g/mol. The van der Waals surface area contributed by atoms with Gasteiger partial charge in [-0.2, -0.15) is 5.10 Å². The second kappa shape index (κ2) is 6.71. The van der Waals surface area contributed by atoms with Gasteiger partial charge >= 0.3 is 0 Å². The number of hydrogen-bond acceptors (Lipinski definition) is 5. The topological polar surface area (TPSA) is 61.5 Å². The standard InChI is InChI=1S/C14H17BrN4O2/c1-5-21-14-12(15)6-11(7-13(14)20-4)8-16-19-9(2)17-18-10(19)3/h6-8H,5H2,1-4H3/b16-8+. The summed E-state index contributed by atoms with van der Waals surface area (Å²) < 4.78 is 13.4. The van der Waals surface area contributed by atoms with E-state index in [1.54, 1.807) is 18.0 Å². The van der Waals surface area contributed by atoms with E-state index in [-0.39, 0.29) is 0 Å². The van der Waals surface area contributed by atoms with Gasteiger partial charge in [0.15, 0.2) is 23.1 Å². The minimum Gasteiger partial charge on any atom is -0.493 e. The van der Waals surface area contributed by atoms with Crippen molar-refractivity contribution in [1.29, 1.82) is 0 Å². The van der Waals surface area contributed by atoms with Gasteiger partial charge in [0.1, 0.15) is 0 Å². The molecule has 6 nitrogen and oxygen atoms in total. The summed E-state index contributed by atoms with van der Waals surface area (Å²) in [6, 6.07) is 3.79. The lowest BCUT2D eigenvalue weighted by atomic mass is 10.2. The number of aryl methyl sites for hydroxylation is 2. The van der Waals surface area contributed by atoms with Crippen LogP contribution in [0.25, 0.3) is 0 Å². The molecular formula is C14H17BrN4O2.